The van der Waals surface area contributed by atoms with Crippen LogP contribution in [-0.2, 0) is 4.75 Å². The fourth-order valence-corrected chi connectivity index (χ4v) is 3.87. The lowest BCUT2D eigenvalue weighted by Crippen LogP contribution is -2.40. The zero-order chi connectivity index (χ0) is 15.5. The number of rotatable bonds is 2. The molecule has 2 rings (SSSR count). The van der Waals surface area contributed by atoms with Crippen LogP contribution in [0.4, 0.5) is 0 Å². The van der Waals surface area contributed by atoms with Crippen LogP contribution in [0.15, 0.2) is 29.3 Å². The fourth-order valence-electron chi connectivity index (χ4n) is 2.43. The van der Waals surface area contributed by atoms with Crippen LogP contribution in [0.25, 0.3) is 0 Å². The van der Waals surface area contributed by atoms with E-state index in [1.165, 1.54) is 5.56 Å². The Kier molecular flexibility index (Phi) is 4.87. The average molecular weight is 306 g/mol. The van der Waals surface area contributed by atoms with Gasteiger partial charge in [-0.05, 0) is 58.2 Å². The Hall–Kier alpha value is -1.16. The van der Waals surface area contributed by atoms with Gasteiger partial charge in [0, 0.05) is 16.8 Å². The van der Waals surface area contributed by atoms with Crippen LogP contribution < -0.4 is 10.1 Å². The highest BCUT2D eigenvalue weighted by Crippen LogP contribution is 2.42. The number of ether oxygens (including phenoxy) is 1. The van der Waals surface area contributed by atoms with Gasteiger partial charge in [-0.3, -0.25) is 4.99 Å². The SMILES string of the molecule is COc1ccc(C2(C)CCCN=C(NC(C)(C)C)S2)cc1. The highest BCUT2D eigenvalue weighted by Gasteiger charge is 2.32. The first kappa shape index (κ1) is 16.2. The third-order valence-corrected chi connectivity index (χ3v) is 4.89. The van der Waals surface area contributed by atoms with Gasteiger partial charge in [0.2, 0.25) is 0 Å². The third kappa shape index (κ3) is 4.40. The van der Waals surface area contributed by atoms with E-state index in [0.29, 0.717) is 0 Å². The molecule has 0 amide bonds. The minimum atomic E-state index is 0.0387. The largest absolute Gasteiger partial charge is 0.497 e. The average Bonchev–Trinajstić information content (AvgIpc) is 2.59. The molecule has 0 fully saturated rings. The molecule has 0 saturated carbocycles. The summed E-state index contributed by atoms with van der Waals surface area (Å²) in [6, 6.07) is 8.43. The molecule has 3 nitrogen and oxygen atoms in total. The first-order valence-corrected chi connectivity index (χ1v) is 8.30. The summed E-state index contributed by atoms with van der Waals surface area (Å²) in [5, 5.41) is 4.59. The van der Waals surface area contributed by atoms with Crippen LogP contribution in [0.5, 0.6) is 5.75 Å². The Balaban J connectivity index is 2.21. The molecule has 0 saturated heterocycles. The number of thioether (sulfide) groups is 1. The van der Waals surface area contributed by atoms with Gasteiger partial charge in [-0.1, -0.05) is 23.9 Å². The second-order valence-electron chi connectivity index (χ2n) is 6.73. The van der Waals surface area contributed by atoms with Crippen LogP contribution in [0.3, 0.4) is 0 Å². The molecule has 1 N–H and O–H groups in total. The predicted molar refractivity (Wildman–Crippen MR) is 92.4 cm³/mol. The molecule has 0 aromatic heterocycles. The lowest BCUT2D eigenvalue weighted by Gasteiger charge is -2.31. The van der Waals surface area contributed by atoms with Crippen molar-refractivity contribution in [3.63, 3.8) is 0 Å². The number of nitrogens with one attached hydrogen (secondary N) is 1. The van der Waals surface area contributed by atoms with Crippen LogP contribution >= 0.6 is 11.8 Å². The summed E-state index contributed by atoms with van der Waals surface area (Å²) in [6.45, 7) is 9.73. The Labute approximate surface area is 132 Å². The van der Waals surface area contributed by atoms with E-state index in [-0.39, 0.29) is 10.3 Å². The second kappa shape index (κ2) is 6.30. The number of hydrogen-bond donors (Lipinski definition) is 1. The zero-order valence-corrected chi connectivity index (χ0v) is 14.5. The van der Waals surface area contributed by atoms with Gasteiger partial charge in [-0.2, -0.15) is 0 Å². The lowest BCUT2D eigenvalue weighted by atomic mass is 9.95. The van der Waals surface area contributed by atoms with Crippen molar-refractivity contribution >= 4 is 16.9 Å². The molecule has 1 aromatic carbocycles. The van der Waals surface area contributed by atoms with Crippen molar-refractivity contribution in [3.05, 3.63) is 29.8 Å². The summed E-state index contributed by atoms with van der Waals surface area (Å²) >= 11 is 1.85. The zero-order valence-electron chi connectivity index (χ0n) is 13.7. The molecule has 0 aliphatic carbocycles. The van der Waals surface area contributed by atoms with E-state index in [1.54, 1.807) is 7.11 Å². The van der Waals surface area contributed by atoms with Gasteiger partial charge in [-0.15, -0.1) is 0 Å². The molecular formula is C17H26N2OS. The molecule has 0 bridgehead atoms. The van der Waals surface area contributed by atoms with Crippen molar-refractivity contribution in [2.45, 2.75) is 50.8 Å². The number of aliphatic imine (C=N–C) groups is 1. The molecule has 116 valence electrons. The fraction of sp³-hybridized carbons (Fsp3) is 0.588. The monoisotopic (exact) mass is 306 g/mol. The number of benzene rings is 1. The van der Waals surface area contributed by atoms with Gasteiger partial charge in [0.1, 0.15) is 5.75 Å². The lowest BCUT2D eigenvalue weighted by molar-refractivity contribution is 0.414. The summed E-state index contributed by atoms with van der Waals surface area (Å²) in [6.07, 6.45) is 2.24. The molecule has 1 heterocycles. The molecule has 1 unspecified atom stereocenters. The maximum Gasteiger partial charge on any atom is 0.157 e. The molecule has 1 aromatic rings. The highest BCUT2D eigenvalue weighted by atomic mass is 32.2. The standard InChI is InChI=1S/C17H26N2OS/c1-16(2,3)19-15-18-12-6-11-17(4,21-15)13-7-9-14(20-5)10-8-13/h7-10H,6,11-12H2,1-5H3,(H,18,19). The van der Waals surface area contributed by atoms with E-state index in [2.05, 4.69) is 45.1 Å². The first-order chi connectivity index (χ1) is 9.82. The Morgan fingerprint density at radius 2 is 1.90 bits per heavy atom. The Bertz CT molecular complexity index is 505. The smallest absolute Gasteiger partial charge is 0.157 e. The van der Waals surface area contributed by atoms with Crippen molar-refractivity contribution in [3.8, 4) is 5.75 Å². The van der Waals surface area contributed by atoms with E-state index in [4.69, 9.17) is 9.73 Å². The first-order valence-electron chi connectivity index (χ1n) is 7.49. The van der Waals surface area contributed by atoms with Gasteiger partial charge < -0.3 is 10.1 Å². The van der Waals surface area contributed by atoms with Crippen molar-refractivity contribution in [1.82, 2.24) is 5.32 Å². The number of methoxy groups -OCH3 is 1. The summed E-state index contributed by atoms with van der Waals surface area (Å²) in [5.41, 5.74) is 1.37. The molecule has 21 heavy (non-hydrogen) atoms. The molecule has 4 heteroatoms. The summed E-state index contributed by atoms with van der Waals surface area (Å²) in [7, 11) is 1.70. The molecular weight excluding hydrogens is 280 g/mol. The van der Waals surface area contributed by atoms with Crippen molar-refractivity contribution < 1.29 is 4.74 Å². The van der Waals surface area contributed by atoms with Gasteiger partial charge in [0.15, 0.2) is 5.17 Å². The van der Waals surface area contributed by atoms with E-state index < -0.39 is 0 Å². The molecule has 1 aliphatic heterocycles. The minimum absolute atomic E-state index is 0.0387. The van der Waals surface area contributed by atoms with Crippen molar-refractivity contribution in [1.29, 1.82) is 0 Å². The molecule has 1 aliphatic rings. The number of amidine groups is 1. The van der Waals surface area contributed by atoms with Crippen LogP contribution in [0.1, 0.15) is 46.1 Å². The van der Waals surface area contributed by atoms with E-state index >= 15 is 0 Å². The normalized spacial score (nSPS) is 23.2. The summed E-state index contributed by atoms with van der Waals surface area (Å²) in [5.74, 6) is 0.905. The predicted octanol–water partition coefficient (Wildman–Crippen LogP) is 4.18. The van der Waals surface area contributed by atoms with Crippen LogP contribution in [0, 0.1) is 0 Å². The minimum Gasteiger partial charge on any atom is -0.497 e. The molecule has 1 atom stereocenters. The van der Waals surface area contributed by atoms with Crippen LogP contribution in [0.2, 0.25) is 0 Å². The second-order valence-corrected chi connectivity index (χ2v) is 8.22. The van der Waals surface area contributed by atoms with E-state index in [0.717, 1.165) is 30.3 Å². The van der Waals surface area contributed by atoms with Gasteiger partial charge in [-0.25, -0.2) is 0 Å². The number of hydrogen-bond acceptors (Lipinski definition) is 4. The maximum absolute atomic E-state index is 5.26. The Morgan fingerprint density at radius 3 is 2.48 bits per heavy atom. The third-order valence-electron chi connectivity index (χ3n) is 3.57. The van der Waals surface area contributed by atoms with Crippen LogP contribution in [-0.4, -0.2) is 24.4 Å². The van der Waals surface area contributed by atoms with Gasteiger partial charge >= 0.3 is 0 Å². The van der Waals surface area contributed by atoms with Gasteiger partial charge in [0.25, 0.3) is 0 Å². The highest BCUT2D eigenvalue weighted by molar-refractivity contribution is 8.14. The summed E-state index contributed by atoms with van der Waals surface area (Å²) in [4.78, 5) is 4.71. The van der Waals surface area contributed by atoms with E-state index in [1.807, 2.05) is 23.9 Å². The number of nitrogens with zero attached hydrogens (tertiary/aromatic N) is 1. The van der Waals surface area contributed by atoms with Gasteiger partial charge in [0.05, 0.1) is 7.11 Å². The molecule has 0 radical (unpaired) electrons. The van der Waals surface area contributed by atoms with Crippen molar-refractivity contribution in [2.24, 2.45) is 4.99 Å². The quantitative estimate of drug-likeness (QED) is 0.890. The molecule has 0 spiro atoms. The summed E-state index contributed by atoms with van der Waals surface area (Å²) < 4.78 is 5.31. The Morgan fingerprint density at radius 1 is 1.24 bits per heavy atom. The van der Waals surface area contributed by atoms with E-state index in [9.17, 15) is 0 Å². The van der Waals surface area contributed by atoms with Crippen molar-refractivity contribution in [2.75, 3.05) is 13.7 Å². The maximum atomic E-state index is 5.26. The topological polar surface area (TPSA) is 33.6 Å².